The standard InChI is InChI=1S/C19H28O2/c1-4-6-15-9-11-16(12-10-15)19(20)17-7-5-8-18(13-17)21-14(2)3/h5,7-8,13-16H,4,6,9-12H2,1-3H3. The quantitative estimate of drug-likeness (QED) is 0.667. The third-order valence-electron chi connectivity index (χ3n) is 4.40. The minimum absolute atomic E-state index is 0.139. The highest BCUT2D eigenvalue weighted by atomic mass is 16.5. The molecular formula is C19H28O2. The number of hydrogen-bond acceptors (Lipinski definition) is 2. The molecule has 0 N–H and O–H groups in total. The average molecular weight is 288 g/mol. The fourth-order valence-corrected chi connectivity index (χ4v) is 3.35. The second kappa shape index (κ2) is 7.63. The third-order valence-corrected chi connectivity index (χ3v) is 4.40. The van der Waals surface area contributed by atoms with Gasteiger partial charge in [0.05, 0.1) is 6.10 Å². The molecule has 0 heterocycles. The Morgan fingerprint density at radius 2 is 1.95 bits per heavy atom. The summed E-state index contributed by atoms with van der Waals surface area (Å²) in [5.41, 5.74) is 0.812. The Balaban J connectivity index is 1.97. The van der Waals surface area contributed by atoms with Gasteiger partial charge in [-0.25, -0.2) is 0 Å². The first kappa shape index (κ1) is 16.1. The first-order valence-electron chi connectivity index (χ1n) is 8.41. The zero-order chi connectivity index (χ0) is 15.2. The molecule has 2 heteroatoms. The van der Waals surface area contributed by atoms with E-state index in [1.165, 1.54) is 25.7 Å². The zero-order valence-electron chi connectivity index (χ0n) is 13.6. The van der Waals surface area contributed by atoms with Crippen LogP contribution in [0.4, 0.5) is 0 Å². The van der Waals surface area contributed by atoms with Gasteiger partial charge in [0.25, 0.3) is 0 Å². The van der Waals surface area contributed by atoms with E-state index in [-0.39, 0.29) is 12.0 Å². The number of ether oxygens (including phenoxy) is 1. The topological polar surface area (TPSA) is 26.3 Å². The molecule has 2 nitrogen and oxygen atoms in total. The highest BCUT2D eigenvalue weighted by Gasteiger charge is 2.26. The predicted octanol–water partition coefficient (Wildman–Crippen LogP) is 5.26. The average Bonchev–Trinajstić information content (AvgIpc) is 2.47. The van der Waals surface area contributed by atoms with E-state index < -0.39 is 0 Å². The second-order valence-corrected chi connectivity index (χ2v) is 6.57. The molecule has 116 valence electrons. The van der Waals surface area contributed by atoms with Crippen molar-refractivity contribution in [3.63, 3.8) is 0 Å². The molecule has 0 aromatic heterocycles. The van der Waals surface area contributed by atoms with Crippen molar-refractivity contribution >= 4 is 5.78 Å². The number of Topliss-reactive ketones (excluding diaryl/α,β-unsaturated/α-hetero) is 1. The van der Waals surface area contributed by atoms with Crippen molar-refractivity contribution in [3.8, 4) is 5.75 Å². The van der Waals surface area contributed by atoms with E-state index in [2.05, 4.69) is 6.92 Å². The van der Waals surface area contributed by atoms with Crippen LogP contribution in [0.2, 0.25) is 0 Å². The molecule has 1 aliphatic carbocycles. The monoisotopic (exact) mass is 288 g/mol. The maximum Gasteiger partial charge on any atom is 0.166 e. The Labute approximate surface area is 128 Å². The van der Waals surface area contributed by atoms with Gasteiger partial charge in [0.2, 0.25) is 0 Å². The molecule has 1 fully saturated rings. The van der Waals surface area contributed by atoms with Crippen LogP contribution in [-0.2, 0) is 0 Å². The van der Waals surface area contributed by atoms with Crippen molar-refractivity contribution < 1.29 is 9.53 Å². The molecule has 0 amide bonds. The second-order valence-electron chi connectivity index (χ2n) is 6.57. The lowest BCUT2D eigenvalue weighted by Crippen LogP contribution is -2.22. The Morgan fingerprint density at radius 1 is 1.24 bits per heavy atom. The molecule has 1 aromatic carbocycles. The van der Waals surface area contributed by atoms with Gasteiger partial charge < -0.3 is 4.74 Å². The van der Waals surface area contributed by atoms with Gasteiger partial charge in [-0.1, -0.05) is 31.9 Å². The van der Waals surface area contributed by atoms with Crippen LogP contribution in [0.5, 0.6) is 5.75 Å². The van der Waals surface area contributed by atoms with E-state index in [1.807, 2.05) is 38.1 Å². The maximum atomic E-state index is 12.6. The van der Waals surface area contributed by atoms with E-state index in [0.29, 0.717) is 5.78 Å². The lowest BCUT2D eigenvalue weighted by atomic mass is 9.77. The first-order chi connectivity index (χ1) is 10.1. The third kappa shape index (κ3) is 4.59. The fraction of sp³-hybridized carbons (Fsp3) is 0.632. The van der Waals surface area contributed by atoms with E-state index in [4.69, 9.17) is 4.74 Å². The van der Waals surface area contributed by atoms with Crippen LogP contribution in [0.1, 0.15) is 69.7 Å². The molecule has 2 rings (SSSR count). The van der Waals surface area contributed by atoms with Crippen LogP contribution in [-0.4, -0.2) is 11.9 Å². The van der Waals surface area contributed by atoms with Gasteiger partial charge in [-0.2, -0.15) is 0 Å². The first-order valence-corrected chi connectivity index (χ1v) is 8.41. The number of benzene rings is 1. The molecule has 21 heavy (non-hydrogen) atoms. The minimum atomic E-state index is 0.139. The van der Waals surface area contributed by atoms with Gasteiger partial charge in [-0.15, -0.1) is 0 Å². The number of rotatable bonds is 6. The Bertz CT molecular complexity index is 456. The van der Waals surface area contributed by atoms with Crippen molar-refractivity contribution in [1.82, 2.24) is 0 Å². The highest BCUT2D eigenvalue weighted by Crippen LogP contribution is 2.33. The van der Waals surface area contributed by atoms with Gasteiger partial charge in [-0.3, -0.25) is 4.79 Å². The summed E-state index contributed by atoms with van der Waals surface area (Å²) in [6.45, 7) is 6.25. The summed E-state index contributed by atoms with van der Waals surface area (Å²) in [7, 11) is 0. The van der Waals surface area contributed by atoms with E-state index >= 15 is 0 Å². The Hall–Kier alpha value is -1.31. The van der Waals surface area contributed by atoms with Crippen LogP contribution >= 0.6 is 0 Å². The van der Waals surface area contributed by atoms with Crippen molar-refractivity contribution in [2.75, 3.05) is 0 Å². The number of hydrogen-bond donors (Lipinski definition) is 0. The fourth-order valence-electron chi connectivity index (χ4n) is 3.35. The summed E-state index contributed by atoms with van der Waals surface area (Å²) in [5.74, 6) is 2.16. The van der Waals surface area contributed by atoms with Crippen molar-refractivity contribution in [2.45, 2.75) is 65.4 Å². The van der Waals surface area contributed by atoms with Crippen LogP contribution in [0.15, 0.2) is 24.3 Å². The van der Waals surface area contributed by atoms with Crippen LogP contribution in [0.25, 0.3) is 0 Å². The summed E-state index contributed by atoms with van der Waals surface area (Å²) < 4.78 is 5.69. The van der Waals surface area contributed by atoms with Crippen LogP contribution < -0.4 is 4.74 Å². The SMILES string of the molecule is CCCC1CCC(C(=O)c2cccc(OC(C)C)c2)CC1. The van der Waals surface area contributed by atoms with Crippen molar-refractivity contribution in [1.29, 1.82) is 0 Å². The molecule has 0 spiro atoms. The highest BCUT2D eigenvalue weighted by molar-refractivity contribution is 5.98. The van der Waals surface area contributed by atoms with Crippen molar-refractivity contribution in [3.05, 3.63) is 29.8 Å². The maximum absolute atomic E-state index is 12.6. The number of carbonyl (C=O) groups excluding carboxylic acids is 1. The summed E-state index contributed by atoms with van der Waals surface area (Å²) in [6.07, 6.45) is 7.26. The molecule has 0 radical (unpaired) electrons. The Morgan fingerprint density at radius 3 is 2.57 bits per heavy atom. The predicted molar refractivity (Wildman–Crippen MR) is 86.9 cm³/mol. The smallest absolute Gasteiger partial charge is 0.166 e. The van der Waals surface area contributed by atoms with Gasteiger partial charge in [0.15, 0.2) is 5.78 Å². The number of carbonyl (C=O) groups is 1. The molecule has 0 bridgehead atoms. The largest absolute Gasteiger partial charge is 0.491 e. The van der Waals surface area contributed by atoms with Gasteiger partial charge in [-0.05, 0) is 57.6 Å². The molecule has 0 aliphatic heterocycles. The number of ketones is 1. The zero-order valence-corrected chi connectivity index (χ0v) is 13.6. The van der Waals surface area contributed by atoms with E-state index in [0.717, 1.165) is 30.1 Å². The van der Waals surface area contributed by atoms with Crippen LogP contribution in [0, 0.1) is 11.8 Å². The lowest BCUT2D eigenvalue weighted by molar-refractivity contribution is 0.0869. The molecule has 0 unspecified atom stereocenters. The normalized spacial score (nSPS) is 22.3. The molecular weight excluding hydrogens is 260 g/mol. The summed E-state index contributed by atoms with van der Waals surface area (Å²) >= 11 is 0. The van der Waals surface area contributed by atoms with E-state index in [9.17, 15) is 4.79 Å². The van der Waals surface area contributed by atoms with Crippen molar-refractivity contribution in [2.24, 2.45) is 11.8 Å². The van der Waals surface area contributed by atoms with Crippen LogP contribution in [0.3, 0.4) is 0 Å². The lowest BCUT2D eigenvalue weighted by Gasteiger charge is -2.27. The molecule has 0 saturated heterocycles. The molecule has 1 aliphatic rings. The molecule has 0 atom stereocenters. The summed E-state index contributed by atoms with van der Waals surface area (Å²) in [5, 5.41) is 0. The summed E-state index contributed by atoms with van der Waals surface area (Å²) in [4.78, 5) is 12.6. The molecule has 1 aromatic rings. The minimum Gasteiger partial charge on any atom is -0.491 e. The van der Waals surface area contributed by atoms with Gasteiger partial charge in [0.1, 0.15) is 5.75 Å². The van der Waals surface area contributed by atoms with E-state index in [1.54, 1.807) is 0 Å². The molecule has 1 saturated carbocycles. The van der Waals surface area contributed by atoms with Gasteiger partial charge in [0, 0.05) is 11.5 Å². The summed E-state index contributed by atoms with van der Waals surface area (Å²) in [6, 6.07) is 7.68. The Kier molecular flexibility index (Phi) is 5.84. The van der Waals surface area contributed by atoms with Gasteiger partial charge >= 0.3 is 0 Å².